The molecule has 0 amide bonds. The van der Waals surface area contributed by atoms with E-state index < -0.39 is 5.97 Å². The number of ketones is 1. The predicted molar refractivity (Wildman–Crippen MR) is 108 cm³/mol. The molecule has 3 nitrogen and oxygen atoms in total. The van der Waals surface area contributed by atoms with Gasteiger partial charge in [-0.25, -0.2) is 4.79 Å². The van der Waals surface area contributed by atoms with E-state index in [9.17, 15) is 9.59 Å². The minimum Gasteiger partial charge on any atom is -0.462 e. The van der Waals surface area contributed by atoms with Gasteiger partial charge >= 0.3 is 5.97 Å². The van der Waals surface area contributed by atoms with Crippen LogP contribution in [-0.4, -0.2) is 18.4 Å². The molecule has 0 bridgehead atoms. The highest BCUT2D eigenvalue weighted by Crippen LogP contribution is 2.14. The Morgan fingerprint density at radius 3 is 2.23 bits per heavy atom. The Morgan fingerprint density at radius 1 is 0.962 bits per heavy atom. The summed E-state index contributed by atoms with van der Waals surface area (Å²) in [5, 5.41) is 0. The minimum absolute atomic E-state index is 0.119. The van der Waals surface area contributed by atoms with Gasteiger partial charge in [0.05, 0.1) is 6.61 Å². The second-order valence-corrected chi connectivity index (χ2v) is 6.52. The molecule has 0 saturated carbocycles. The van der Waals surface area contributed by atoms with Crippen molar-refractivity contribution in [3.8, 4) is 0 Å². The van der Waals surface area contributed by atoms with Gasteiger partial charge in [0, 0.05) is 6.42 Å². The number of carbonyl (C=O) groups is 2. The molecule has 0 aliphatic carbocycles. The first-order chi connectivity index (χ1) is 12.4. The number of hydrogen-bond donors (Lipinski definition) is 0. The normalized spacial score (nSPS) is 11.8. The molecule has 0 saturated heterocycles. The van der Waals surface area contributed by atoms with E-state index in [0.717, 1.165) is 18.4 Å². The van der Waals surface area contributed by atoms with Gasteiger partial charge in [-0.1, -0.05) is 53.6 Å². The molecule has 0 unspecified atom stereocenters. The average molecular weight is 354 g/mol. The Balaban J connectivity index is 2.73. The summed E-state index contributed by atoms with van der Waals surface area (Å²) in [4.78, 5) is 24.7. The van der Waals surface area contributed by atoms with Gasteiger partial charge in [0.2, 0.25) is 0 Å². The predicted octanol–water partition coefficient (Wildman–Crippen LogP) is 5.68. The molecule has 1 rings (SSSR count). The summed E-state index contributed by atoms with van der Waals surface area (Å²) < 4.78 is 5.05. The van der Waals surface area contributed by atoms with Crippen LogP contribution in [0.2, 0.25) is 0 Å². The van der Waals surface area contributed by atoms with Crippen LogP contribution >= 0.6 is 0 Å². The SMILES string of the molecule is CCOC(=O)/C(=C\c1ccccc1)C(=O)CC/C=C(\C)CCC=C(C)C. The summed E-state index contributed by atoms with van der Waals surface area (Å²) in [6.07, 6.45) is 8.85. The topological polar surface area (TPSA) is 43.4 Å². The fourth-order valence-corrected chi connectivity index (χ4v) is 2.45. The smallest absolute Gasteiger partial charge is 0.341 e. The highest BCUT2D eigenvalue weighted by atomic mass is 16.5. The van der Waals surface area contributed by atoms with E-state index in [-0.39, 0.29) is 18.0 Å². The van der Waals surface area contributed by atoms with Crippen molar-refractivity contribution in [3.05, 3.63) is 64.8 Å². The number of rotatable bonds is 10. The van der Waals surface area contributed by atoms with Gasteiger partial charge in [-0.05, 0) is 58.6 Å². The van der Waals surface area contributed by atoms with Gasteiger partial charge in [-0.15, -0.1) is 0 Å². The van der Waals surface area contributed by atoms with Crippen LogP contribution in [0.5, 0.6) is 0 Å². The van der Waals surface area contributed by atoms with Gasteiger partial charge in [-0.2, -0.15) is 0 Å². The zero-order valence-corrected chi connectivity index (χ0v) is 16.4. The highest BCUT2D eigenvalue weighted by molar-refractivity contribution is 6.20. The van der Waals surface area contributed by atoms with Gasteiger partial charge in [0.25, 0.3) is 0 Å². The van der Waals surface area contributed by atoms with Crippen molar-refractivity contribution in [2.75, 3.05) is 6.61 Å². The van der Waals surface area contributed by atoms with E-state index in [1.54, 1.807) is 13.0 Å². The number of hydrogen-bond acceptors (Lipinski definition) is 3. The summed E-state index contributed by atoms with van der Waals surface area (Å²) in [5.74, 6) is -0.730. The van der Waals surface area contributed by atoms with E-state index in [2.05, 4.69) is 32.9 Å². The minimum atomic E-state index is -0.550. The molecule has 0 aromatic heterocycles. The van der Waals surface area contributed by atoms with Crippen LogP contribution in [-0.2, 0) is 14.3 Å². The second kappa shape index (κ2) is 12.0. The lowest BCUT2D eigenvalue weighted by Crippen LogP contribution is -2.15. The number of ether oxygens (including phenoxy) is 1. The van der Waals surface area contributed by atoms with Crippen LogP contribution < -0.4 is 0 Å². The van der Waals surface area contributed by atoms with Gasteiger partial charge in [0.15, 0.2) is 5.78 Å². The van der Waals surface area contributed by atoms with Crippen molar-refractivity contribution < 1.29 is 14.3 Å². The molecule has 0 atom stereocenters. The largest absolute Gasteiger partial charge is 0.462 e. The number of esters is 1. The zero-order chi connectivity index (χ0) is 19.4. The third-order valence-electron chi connectivity index (χ3n) is 3.86. The van der Waals surface area contributed by atoms with Crippen molar-refractivity contribution in [2.45, 2.75) is 53.4 Å². The fourth-order valence-electron chi connectivity index (χ4n) is 2.45. The van der Waals surface area contributed by atoms with Gasteiger partial charge in [-0.3, -0.25) is 4.79 Å². The number of allylic oxidation sites excluding steroid dienone is 4. The summed E-state index contributed by atoms with van der Waals surface area (Å²) in [5.41, 5.74) is 3.52. The van der Waals surface area contributed by atoms with Crippen LogP contribution in [0.25, 0.3) is 6.08 Å². The van der Waals surface area contributed by atoms with Crippen molar-refractivity contribution in [1.29, 1.82) is 0 Å². The summed E-state index contributed by atoms with van der Waals surface area (Å²) in [6, 6.07) is 9.36. The Kier molecular flexibility index (Phi) is 9.99. The first-order valence-corrected chi connectivity index (χ1v) is 9.20. The summed E-state index contributed by atoms with van der Waals surface area (Å²) >= 11 is 0. The number of benzene rings is 1. The quantitative estimate of drug-likeness (QED) is 0.179. The molecule has 0 heterocycles. The molecule has 0 radical (unpaired) electrons. The third kappa shape index (κ3) is 8.61. The fraction of sp³-hybridized carbons (Fsp3) is 0.391. The van der Waals surface area contributed by atoms with Crippen molar-refractivity contribution in [3.63, 3.8) is 0 Å². The van der Waals surface area contributed by atoms with Gasteiger partial charge < -0.3 is 4.74 Å². The summed E-state index contributed by atoms with van der Waals surface area (Å²) in [7, 11) is 0. The molecular weight excluding hydrogens is 324 g/mol. The molecule has 26 heavy (non-hydrogen) atoms. The van der Waals surface area contributed by atoms with Gasteiger partial charge in [0.1, 0.15) is 5.57 Å². The first-order valence-electron chi connectivity index (χ1n) is 9.20. The Bertz CT molecular complexity index is 675. The van der Waals surface area contributed by atoms with E-state index in [0.29, 0.717) is 12.8 Å². The lowest BCUT2D eigenvalue weighted by Gasteiger charge is -2.06. The van der Waals surface area contributed by atoms with E-state index in [4.69, 9.17) is 4.74 Å². The maximum atomic E-state index is 12.5. The molecule has 1 aromatic rings. The number of Topliss-reactive ketones (excluding diaryl/α,β-unsaturated/α-hetero) is 1. The average Bonchev–Trinajstić information content (AvgIpc) is 2.60. The Hall–Kier alpha value is -2.42. The molecule has 0 aliphatic rings. The zero-order valence-electron chi connectivity index (χ0n) is 16.4. The lowest BCUT2D eigenvalue weighted by atomic mass is 10.0. The van der Waals surface area contributed by atoms with Crippen LogP contribution in [0.1, 0.15) is 58.9 Å². The molecule has 0 spiro atoms. The molecule has 140 valence electrons. The standard InChI is InChI=1S/C23H30O3/c1-5-26-23(25)21(17-20-14-7-6-8-15-20)22(24)16-10-13-19(4)12-9-11-18(2)3/h6-8,11,13-15,17H,5,9-10,12,16H2,1-4H3/b19-13+,21-17-. The van der Waals surface area contributed by atoms with E-state index in [1.807, 2.05) is 30.3 Å². The first kappa shape index (κ1) is 21.6. The molecule has 0 N–H and O–H groups in total. The Morgan fingerprint density at radius 2 is 1.62 bits per heavy atom. The van der Waals surface area contributed by atoms with Crippen LogP contribution in [0, 0.1) is 0 Å². The maximum Gasteiger partial charge on any atom is 0.341 e. The van der Waals surface area contributed by atoms with Crippen molar-refractivity contribution >= 4 is 17.8 Å². The molecule has 0 aliphatic heterocycles. The maximum absolute atomic E-state index is 12.5. The molecule has 1 aromatic carbocycles. The van der Waals surface area contributed by atoms with E-state index >= 15 is 0 Å². The number of carbonyl (C=O) groups excluding carboxylic acids is 2. The van der Waals surface area contributed by atoms with Crippen molar-refractivity contribution in [1.82, 2.24) is 0 Å². The molecule has 0 fully saturated rings. The third-order valence-corrected chi connectivity index (χ3v) is 3.86. The molecule has 3 heteroatoms. The highest BCUT2D eigenvalue weighted by Gasteiger charge is 2.18. The van der Waals surface area contributed by atoms with Crippen LogP contribution in [0.15, 0.2) is 59.2 Å². The lowest BCUT2D eigenvalue weighted by molar-refractivity contribution is -0.139. The van der Waals surface area contributed by atoms with Crippen LogP contribution in [0.3, 0.4) is 0 Å². The van der Waals surface area contributed by atoms with E-state index in [1.165, 1.54) is 11.1 Å². The second-order valence-electron chi connectivity index (χ2n) is 6.52. The Labute approximate surface area is 157 Å². The molecular formula is C23H30O3. The van der Waals surface area contributed by atoms with Crippen LogP contribution in [0.4, 0.5) is 0 Å². The van der Waals surface area contributed by atoms with Crippen molar-refractivity contribution in [2.24, 2.45) is 0 Å². The summed E-state index contributed by atoms with van der Waals surface area (Å²) in [6.45, 7) is 8.25. The monoisotopic (exact) mass is 354 g/mol.